The van der Waals surface area contributed by atoms with E-state index in [4.69, 9.17) is 0 Å². The molecule has 0 unspecified atom stereocenters. The Bertz CT molecular complexity index is 845. The summed E-state index contributed by atoms with van der Waals surface area (Å²) in [7, 11) is 0.233. The van der Waals surface area contributed by atoms with Crippen molar-refractivity contribution in [2.45, 2.75) is 13.5 Å². The van der Waals surface area contributed by atoms with Gasteiger partial charge in [-0.3, -0.25) is 9.10 Å². The van der Waals surface area contributed by atoms with Crippen LogP contribution in [0.3, 0.4) is 0 Å². The molecule has 0 radical (unpaired) electrons. The van der Waals surface area contributed by atoms with Crippen LogP contribution in [0, 0.1) is 6.92 Å². The largest absolute Gasteiger partial charge is 0.378 e. The highest BCUT2D eigenvalue weighted by Crippen LogP contribution is 2.21. The first-order chi connectivity index (χ1) is 12.2. The SMILES string of the molecule is Cc1ccc(CNC(=O)CN(c2ccc(N(C)C)cc2)S(C)(=O)=O)cc1. The van der Waals surface area contributed by atoms with Crippen LogP contribution in [-0.4, -0.2) is 41.2 Å². The van der Waals surface area contributed by atoms with Crippen LogP contribution in [0.1, 0.15) is 11.1 Å². The highest BCUT2D eigenvalue weighted by Gasteiger charge is 2.20. The number of nitrogens with one attached hydrogen (secondary N) is 1. The molecule has 0 fully saturated rings. The average Bonchev–Trinajstić information content (AvgIpc) is 2.58. The number of nitrogens with zero attached hydrogens (tertiary/aromatic N) is 2. The first-order valence-corrected chi connectivity index (χ1v) is 10.1. The minimum atomic E-state index is -3.58. The number of carbonyl (C=O) groups is 1. The van der Waals surface area contributed by atoms with Gasteiger partial charge in [-0.2, -0.15) is 0 Å². The van der Waals surface area contributed by atoms with Crippen molar-refractivity contribution in [3.63, 3.8) is 0 Å². The van der Waals surface area contributed by atoms with Gasteiger partial charge in [-0.05, 0) is 36.8 Å². The van der Waals surface area contributed by atoms with Crippen molar-refractivity contribution in [2.75, 3.05) is 36.1 Å². The maximum atomic E-state index is 12.3. The predicted octanol–water partition coefficient (Wildman–Crippen LogP) is 2.14. The molecule has 0 atom stereocenters. The number of amides is 1. The Balaban J connectivity index is 2.07. The monoisotopic (exact) mass is 375 g/mol. The summed E-state index contributed by atoms with van der Waals surface area (Å²) in [5, 5.41) is 2.77. The number of hydrogen-bond donors (Lipinski definition) is 1. The third-order valence-corrected chi connectivity index (χ3v) is 5.09. The highest BCUT2D eigenvalue weighted by molar-refractivity contribution is 7.92. The zero-order chi connectivity index (χ0) is 19.3. The normalized spacial score (nSPS) is 11.1. The van der Waals surface area contributed by atoms with Crippen LogP contribution in [-0.2, 0) is 21.4 Å². The number of aryl methyl sites for hydroxylation is 1. The molecule has 0 bridgehead atoms. The molecule has 2 rings (SSSR count). The summed E-state index contributed by atoms with van der Waals surface area (Å²) < 4.78 is 25.4. The van der Waals surface area contributed by atoms with E-state index in [0.717, 1.165) is 27.4 Å². The van der Waals surface area contributed by atoms with Crippen molar-refractivity contribution in [1.82, 2.24) is 5.32 Å². The van der Waals surface area contributed by atoms with Gasteiger partial charge >= 0.3 is 0 Å². The maximum Gasteiger partial charge on any atom is 0.241 e. The minimum absolute atomic E-state index is 0.258. The minimum Gasteiger partial charge on any atom is -0.378 e. The van der Waals surface area contributed by atoms with Gasteiger partial charge in [0.25, 0.3) is 0 Å². The van der Waals surface area contributed by atoms with Gasteiger partial charge in [0.05, 0.1) is 11.9 Å². The van der Waals surface area contributed by atoms with E-state index in [1.165, 1.54) is 0 Å². The van der Waals surface area contributed by atoms with E-state index >= 15 is 0 Å². The van der Waals surface area contributed by atoms with E-state index < -0.39 is 10.0 Å². The van der Waals surface area contributed by atoms with Gasteiger partial charge in [-0.25, -0.2) is 8.42 Å². The van der Waals surface area contributed by atoms with Crippen LogP contribution in [0.5, 0.6) is 0 Å². The molecule has 0 heterocycles. The molecule has 1 N–H and O–H groups in total. The van der Waals surface area contributed by atoms with Crippen LogP contribution >= 0.6 is 0 Å². The van der Waals surface area contributed by atoms with E-state index in [1.807, 2.05) is 62.3 Å². The lowest BCUT2D eigenvalue weighted by Crippen LogP contribution is -2.40. The summed E-state index contributed by atoms with van der Waals surface area (Å²) in [6, 6.07) is 14.8. The van der Waals surface area contributed by atoms with Crippen LogP contribution in [0.4, 0.5) is 11.4 Å². The smallest absolute Gasteiger partial charge is 0.241 e. The van der Waals surface area contributed by atoms with E-state index in [2.05, 4.69) is 5.32 Å². The fourth-order valence-electron chi connectivity index (χ4n) is 2.41. The Labute approximate surface area is 155 Å². The molecular formula is C19H25N3O3S. The zero-order valence-corrected chi connectivity index (χ0v) is 16.4. The number of benzene rings is 2. The van der Waals surface area contributed by atoms with E-state index in [9.17, 15) is 13.2 Å². The lowest BCUT2D eigenvalue weighted by molar-refractivity contribution is -0.119. The van der Waals surface area contributed by atoms with Crippen LogP contribution < -0.4 is 14.5 Å². The second-order valence-electron chi connectivity index (χ2n) is 6.44. The van der Waals surface area contributed by atoms with E-state index in [1.54, 1.807) is 12.1 Å². The van der Waals surface area contributed by atoms with Crippen LogP contribution in [0.2, 0.25) is 0 Å². The van der Waals surface area contributed by atoms with Gasteiger partial charge in [0, 0.05) is 26.3 Å². The van der Waals surface area contributed by atoms with Crippen molar-refractivity contribution in [3.05, 3.63) is 59.7 Å². The molecule has 0 spiro atoms. The van der Waals surface area contributed by atoms with E-state index in [0.29, 0.717) is 12.2 Å². The summed E-state index contributed by atoms with van der Waals surface area (Å²) in [4.78, 5) is 14.2. The molecular weight excluding hydrogens is 350 g/mol. The second kappa shape index (κ2) is 8.23. The Hall–Kier alpha value is -2.54. The highest BCUT2D eigenvalue weighted by atomic mass is 32.2. The standard InChI is InChI=1S/C19H25N3O3S/c1-15-5-7-16(8-6-15)13-20-19(23)14-22(26(4,24)25)18-11-9-17(10-12-18)21(2)3/h5-12H,13-14H2,1-4H3,(H,20,23). The Morgan fingerprint density at radius 2 is 1.50 bits per heavy atom. The summed E-state index contributed by atoms with van der Waals surface area (Å²) >= 11 is 0. The zero-order valence-electron chi connectivity index (χ0n) is 15.6. The quantitative estimate of drug-likeness (QED) is 0.805. The van der Waals surface area contributed by atoms with Crippen molar-refractivity contribution in [1.29, 1.82) is 0 Å². The van der Waals surface area contributed by atoms with Crippen LogP contribution in [0.25, 0.3) is 0 Å². The molecule has 140 valence electrons. The van der Waals surface area contributed by atoms with Crippen molar-refractivity contribution in [3.8, 4) is 0 Å². The number of anilines is 2. The Morgan fingerprint density at radius 1 is 0.962 bits per heavy atom. The fraction of sp³-hybridized carbons (Fsp3) is 0.316. The molecule has 0 saturated carbocycles. The predicted molar refractivity (Wildman–Crippen MR) is 106 cm³/mol. The second-order valence-corrected chi connectivity index (χ2v) is 8.35. The summed E-state index contributed by atoms with van der Waals surface area (Å²) in [5.41, 5.74) is 3.52. The van der Waals surface area contributed by atoms with Crippen molar-refractivity contribution in [2.24, 2.45) is 0 Å². The fourth-order valence-corrected chi connectivity index (χ4v) is 3.27. The van der Waals surface area contributed by atoms with E-state index in [-0.39, 0.29) is 12.5 Å². The maximum absolute atomic E-state index is 12.3. The lowest BCUT2D eigenvalue weighted by atomic mass is 10.1. The molecule has 0 saturated heterocycles. The Morgan fingerprint density at radius 3 is 2.00 bits per heavy atom. The Kier molecular flexibility index (Phi) is 6.26. The lowest BCUT2D eigenvalue weighted by Gasteiger charge is -2.23. The van der Waals surface area contributed by atoms with Gasteiger partial charge in [-0.15, -0.1) is 0 Å². The molecule has 6 nitrogen and oxygen atoms in total. The molecule has 26 heavy (non-hydrogen) atoms. The molecule has 0 aliphatic heterocycles. The molecule has 1 amide bonds. The van der Waals surface area contributed by atoms with Gasteiger partial charge < -0.3 is 10.2 Å². The molecule has 0 aliphatic rings. The summed E-state index contributed by atoms with van der Waals surface area (Å²) in [6.07, 6.45) is 1.10. The molecule has 2 aromatic rings. The first kappa shape index (κ1) is 19.8. The van der Waals surface area contributed by atoms with Gasteiger partial charge in [0.2, 0.25) is 15.9 Å². The summed E-state index contributed by atoms with van der Waals surface area (Å²) in [6.45, 7) is 2.09. The number of sulfonamides is 1. The topological polar surface area (TPSA) is 69.7 Å². The molecule has 7 heteroatoms. The van der Waals surface area contributed by atoms with Crippen molar-refractivity contribution < 1.29 is 13.2 Å². The number of hydrogen-bond acceptors (Lipinski definition) is 4. The van der Waals surface area contributed by atoms with Gasteiger partial charge in [0.1, 0.15) is 6.54 Å². The third-order valence-electron chi connectivity index (χ3n) is 3.95. The molecule has 0 aromatic heterocycles. The first-order valence-electron chi connectivity index (χ1n) is 8.24. The molecule has 2 aromatic carbocycles. The average molecular weight is 375 g/mol. The molecule has 0 aliphatic carbocycles. The number of carbonyl (C=O) groups excluding carboxylic acids is 1. The van der Waals surface area contributed by atoms with Crippen molar-refractivity contribution >= 4 is 27.3 Å². The van der Waals surface area contributed by atoms with Gasteiger partial charge in [-0.1, -0.05) is 29.8 Å². The number of rotatable bonds is 7. The van der Waals surface area contributed by atoms with Crippen LogP contribution in [0.15, 0.2) is 48.5 Å². The van der Waals surface area contributed by atoms with Gasteiger partial charge in [0.15, 0.2) is 0 Å². The summed E-state index contributed by atoms with van der Waals surface area (Å²) in [5.74, 6) is -0.354. The third kappa shape index (κ3) is 5.49.